The maximum Gasteiger partial charge on any atom is 0.234 e. The van der Waals surface area contributed by atoms with Gasteiger partial charge in [0.1, 0.15) is 0 Å². The van der Waals surface area contributed by atoms with Gasteiger partial charge >= 0.3 is 0 Å². The van der Waals surface area contributed by atoms with Gasteiger partial charge in [0.15, 0.2) is 0 Å². The number of fused-ring (bicyclic) bond motifs is 1. The first-order valence-electron chi connectivity index (χ1n) is 7.20. The van der Waals surface area contributed by atoms with Gasteiger partial charge in [0, 0.05) is 6.54 Å². The van der Waals surface area contributed by atoms with Gasteiger partial charge in [0.2, 0.25) is 11.7 Å². The second-order valence-corrected chi connectivity index (χ2v) is 6.71. The van der Waals surface area contributed by atoms with Crippen molar-refractivity contribution in [3.63, 3.8) is 0 Å². The molecule has 0 amide bonds. The molecule has 1 aromatic heterocycles. The zero-order chi connectivity index (χ0) is 14.4. The Balaban J connectivity index is 0.00000144. The number of aromatic nitrogens is 2. The fraction of sp³-hybridized carbons (Fsp3) is 0.467. The molecule has 7 heteroatoms. The molecular formula is C15H16Cl3N3O. The van der Waals surface area contributed by atoms with Gasteiger partial charge in [0.05, 0.1) is 21.0 Å². The predicted molar refractivity (Wildman–Crippen MR) is 88.9 cm³/mol. The molecule has 22 heavy (non-hydrogen) atoms. The van der Waals surface area contributed by atoms with Crippen LogP contribution in [-0.2, 0) is 5.41 Å². The number of hydrogen-bond donors (Lipinski definition) is 1. The Morgan fingerprint density at radius 2 is 2.05 bits per heavy atom. The minimum atomic E-state index is -0.00101. The molecule has 0 bridgehead atoms. The molecule has 1 N–H and O–H groups in total. The standard InChI is InChI=1S/C15H15Cl2N3O.ClH/c16-10-4-1-5-11(17)12(10)13-19-14(21-20-13)15-6-2-3-9(15)7-18-8-15;/h1,4-5,9,18H,2-3,6-8H2;1H/t9-,15-;/m1./s1. The van der Waals surface area contributed by atoms with Crippen LogP contribution in [0.3, 0.4) is 0 Å². The lowest BCUT2D eigenvalue weighted by Gasteiger charge is -2.22. The summed E-state index contributed by atoms with van der Waals surface area (Å²) in [7, 11) is 0. The topological polar surface area (TPSA) is 51.0 Å². The molecule has 2 aromatic rings. The van der Waals surface area contributed by atoms with E-state index in [1.165, 1.54) is 12.8 Å². The monoisotopic (exact) mass is 359 g/mol. The first kappa shape index (κ1) is 16.1. The SMILES string of the molecule is Cl.Clc1cccc(Cl)c1-c1noc([C@@]23CCC[C@@H]2CNC3)n1. The second kappa shape index (κ2) is 6.00. The highest BCUT2D eigenvalue weighted by molar-refractivity contribution is 6.38. The van der Waals surface area contributed by atoms with Gasteiger partial charge in [-0.2, -0.15) is 4.98 Å². The number of nitrogens with zero attached hydrogens (tertiary/aromatic N) is 2. The third-order valence-corrected chi connectivity index (χ3v) is 5.46. The van der Waals surface area contributed by atoms with Crippen LogP contribution in [0.1, 0.15) is 25.2 Å². The van der Waals surface area contributed by atoms with Crippen molar-refractivity contribution in [1.82, 2.24) is 15.5 Å². The minimum absolute atomic E-state index is 0. The molecule has 118 valence electrons. The molecule has 4 nitrogen and oxygen atoms in total. The number of rotatable bonds is 2. The second-order valence-electron chi connectivity index (χ2n) is 5.90. The number of nitrogens with one attached hydrogen (secondary N) is 1. The summed E-state index contributed by atoms with van der Waals surface area (Å²) < 4.78 is 5.60. The molecule has 1 saturated heterocycles. The molecule has 0 unspecified atom stereocenters. The maximum absolute atomic E-state index is 6.22. The largest absolute Gasteiger partial charge is 0.338 e. The van der Waals surface area contributed by atoms with Crippen molar-refractivity contribution in [3.05, 3.63) is 34.1 Å². The van der Waals surface area contributed by atoms with Gasteiger partial charge in [-0.15, -0.1) is 12.4 Å². The van der Waals surface area contributed by atoms with E-state index < -0.39 is 0 Å². The van der Waals surface area contributed by atoms with E-state index in [1.807, 2.05) is 6.07 Å². The summed E-state index contributed by atoms with van der Waals surface area (Å²) in [6, 6.07) is 5.38. The molecule has 1 aliphatic carbocycles. The van der Waals surface area contributed by atoms with E-state index in [9.17, 15) is 0 Å². The smallest absolute Gasteiger partial charge is 0.234 e. The molecule has 1 aliphatic heterocycles. The summed E-state index contributed by atoms with van der Waals surface area (Å²) in [5, 5.41) is 8.66. The number of benzene rings is 1. The van der Waals surface area contributed by atoms with Gasteiger partial charge in [0.25, 0.3) is 0 Å². The van der Waals surface area contributed by atoms with Crippen LogP contribution in [0.4, 0.5) is 0 Å². The average Bonchev–Trinajstić information content (AvgIpc) is 3.12. The lowest BCUT2D eigenvalue weighted by Crippen LogP contribution is -2.31. The predicted octanol–water partition coefficient (Wildman–Crippen LogP) is 4.11. The lowest BCUT2D eigenvalue weighted by molar-refractivity contribution is 0.265. The van der Waals surface area contributed by atoms with E-state index in [2.05, 4.69) is 15.5 Å². The highest BCUT2D eigenvalue weighted by Gasteiger charge is 2.51. The lowest BCUT2D eigenvalue weighted by atomic mass is 9.80. The fourth-order valence-corrected chi connectivity index (χ4v) is 4.31. The molecular weight excluding hydrogens is 345 g/mol. The zero-order valence-corrected chi connectivity index (χ0v) is 14.1. The highest BCUT2D eigenvalue weighted by Crippen LogP contribution is 2.47. The van der Waals surface area contributed by atoms with Crippen LogP contribution in [0.2, 0.25) is 10.0 Å². The van der Waals surface area contributed by atoms with Crippen molar-refractivity contribution in [2.45, 2.75) is 24.7 Å². The molecule has 2 fully saturated rings. The molecule has 2 heterocycles. The molecule has 1 aromatic carbocycles. The van der Waals surface area contributed by atoms with Crippen molar-refractivity contribution in [3.8, 4) is 11.4 Å². The summed E-state index contributed by atoms with van der Waals surface area (Å²) in [4.78, 5) is 4.63. The Morgan fingerprint density at radius 3 is 2.82 bits per heavy atom. The zero-order valence-electron chi connectivity index (χ0n) is 11.8. The van der Waals surface area contributed by atoms with Crippen LogP contribution < -0.4 is 5.32 Å². The van der Waals surface area contributed by atoms with Crippen LogP contribution >= 0.6 is 35.6 Å². The Kier molecular flexibility index (Phi) is 4.38. The number of halogens is 3. The minimum Gasteiger partial charge on any atom is -0.338 e. The Hall–Kier alpha value is -0.810. The van der Waals surface area contributed by atoms with Crippen molar-refractivity contribution >= 4 is 35.6 Å². The molecule has 0 spiro atoms. The summed E-state index contributed by atoms with van der Waals surface area (Å²) >= 11 is 12.4. The van der Waals surface area contributed by atoms with Gasteiger partial charge in [-0.3, -0.25) is 0 Å². The van der Waals surface area contributed by atoms with Gasteiger partial charge in [-0.25, -0.2) is 0 Å². The van der Waals surface area contributed by atoms with Crippen molar-refractivity contribution in [2.75, 3.05) is 13.1 Å². The fourth-order valence-electron chi connectivity index (χ4n) is 3.74. The van der Waals surface area contributed by atoms with E-state index in [-0.39, 0.29) is 17.8 Å². The van der Waals surface area contributed by atoms with Crippen LogP contribution in [0.25, 0.3) is 11.4 Å². The average molecular weight is 361 g/mol. The van der Waals surface area contributed by atoms with E-state index in [0.29, 0.717) is 27.4 Å². The van der Waals surface area contributed by atoms with E-state index in [1.54, 1.807) is 12.1 Å². The maximum atomic E-state index is 6.22. The van der Waals surface area contributed by atoms with Crippen LogP contribution in [0, 0.1) is 5.92 Å². The number of hydrogen-bond acceptors (Lipinski definition) is 4. The van der Waals surface area contributed by atoms with Gasteiger partial charge in [-0.1, -0.05) is 40.8 Å². The normalized spacial score (nSPS) is 26.7. The first-order valence-corrected chi connectivity index (χ1v) is 7.95. The summed E-state index contributed by atoms with van der Waals surface area (Å²) in [6.45, 7) is 1.94. The molecule has 2 aliphatic rings. The Bertz CT molecular complexity index is 658. The van der Waals surface area contributed by atoms with Crippen molar-refractivity contribution < 1.29 is 4.52 Å². The molecule has 2 atom stereocenters. The quantitative estimate of drug-likeness (QED) is 0.876. The van der Waals surface area contributed by atoms with Gasteiger partial charge in [-0.05, 0) is 37.4 Å². The molecule has 1 saturated carbocycles. The van der Waals surface area contributed by atoms with Crippen molar-refractivity contribution in [1.29, 1.82) is 0 Å². The Morgan fingerprint density at radius 1 is 1.27 bits per heavy atom. The third kappa shape index (κ3) is 2.33. The summed E-state index contributed by atoms with van der Waals surface area (Å²) in [5.74, 6) is 1.79. The van der Waals surface area contributed by atoms with Crippen LogP contribution in [-0.4, -0.2) is 23.2 Å². The van der Waals surface area contributed by atoms with Gasteiger partial charge < -0.3 is 9.84 Å². The summed E-state index contributed by atoms with van der Waals surface area (Å²) in [6.07, 6.45) is 3.54. The third-order valence-electron chi connectivity index (χ3n) is 4.83. The summed E-state index contributed by atoms with van der Waals surface area (Å²) in [5.41, 5.74) is 0.645. The van der Waals surface area contributed by atoms with Crippen LogP contribution in [0.5, 0.6) is 0 Å². The van der Waals surface area contributed by atoms with E-state index in [0.717, 1.165) is 25.4 Å². The molecule has 0 radical (unpaired) electrons. The first-order chi connectivity index (χ1) is 10.2. The van der Waals surface area contributed by atoms with Crippen LogP contribution in [0.15, 0.2) is 22.7 Å². The molecule has 4 rings (SSSR count). The van der Waals surface area contributed by atoms with E-state index in [4.69, 9.17) is 27.7 Å². The van der Waals surface area contributed by atoms with E-state index >= 15 is 0 Å². The van der Waals surface area contributed by atoms with Crippen molar-refractivity contribution in [2.24, 2.45) is 5.92 Å². The highest BCUT2D eigenvalue weighted by atomic mass is 35.5. The Labute approximate surface area is 145 Å².